The first kappa shape index (κ1) is 15.5. The quantitative estimate of drug-likeness (QED) is 0.625. The average Bonchev–Trinajstić information content (AvgIpc) is 2.91. The van der Waals surface area contributed by atoms with Crippen molar-refractivity contribution in [2.45, 2.75) is 45.8 Å². The van der Waals surface area contributed by atoms with Crippen molar-refractivity contribution in [2.75, 3.05) is 0 Å². The van der Waals surface area contributed by atoms with E-state index in [1.54, 1.807) is 17.1 Å². The number of nitrogens with zero attached hydrogens (tertiary/aromatic N) is 4. The van der Waals surface area contributed by atoms with E-state index in [0.717, 1.165) is 5.56 Å². The molecule has 3 heterocycles. The van der Waals surface area contributed by atoms with Crippen molar-refractivity contribution in [1.29, 1.82) is 0 Å². The van der Waals surface area contributed by atoms with Crippen LogP contribution in [0.5, 0.6) is 0 Å². The Morgan fingerprint density at radius 3 is 2.27 bits per heavy atom. The molecule has 1 saturated heterocycles. The van der Waals surface area contributed by atoms with Crippen molar-refractivity contribution < 1.29 is 9.31 Å². The minimum Gasteiger partial charge on any atom is -0.399 e. The van der Waals surface area contributed by atoms with Gasteiger partial charge < -0.3 is 9.31 Å². The van der Waals surface area contributed by atoms with Crippen molar-refractivity contribution >= 4 is 24.2 Å². The van der Waals surface area contributed by atoms with E-state index in [0.29, 0.717) is 16.6 Å². The van der Waals surface area contributed by atoms with Crippen LogP contribution < -0.4 is 5.46 Å². The van der Waals surface area contributed by atoms with Gasteiger partial charge in [0.25, 0.3) is 5.95 Å². The van der Waals surface area contributed by atoms with Gasteiger partial charge in [-0.25, -0.2) is 9.67 Å². The van der Waals surface area contributed by atoms with Crippen molar-refractivity contribution in [3.8, 4) is 5.95 Å². The van der Waals surface area contributed by atoms with Crippen LogP contribution in [0.25, 0.3) is 5.95 Å². The molecule has 0 bridgehead atoms. The normalized spacial score (nSPS) is 19.6. The number of halogens is 1. The van der Waals surface area contributed by atoms with Crippen LogP contribution in [0.2, 0.25) is 5.15 Å². The summed E-state index contributed by atoms with van der Waals surface area (Å²) in [6.07, 6.45) is 5.20. The zero-order valence-electron chi connectivity index (χ0n) is 13.3. The third-order valence-corrected chi connectivity index (χ3v) is 4.48. The molecule has 1 fully saturated rings. The third kappa shape index (κ3) is 2.53. The fourth-order valence-corrected chi connectivity index (χ4v) is 2.34. The van der Waals surface area contributed by atoms with Gasteiger partial charge in [-0.05, 0) is 40.2 Å². The first-order chi connectivity index (χ1) is 10.2. The summed E-state index contributed by atoms with van der Waals surface area (Å²) < 4.78 is 13.5. The van der Waals surface area contributed by atoms with E-state index in [-0.39, 0.29) is 0 Å². The maximum absolute atomic E-state index is 6.30. The molecule has 22 heavy (non-hydrogen) atoms. The van der Waals surface area contributed by atoms with Gasteiger partial charge in [0.1, 0.15) is 5.15 Å². The van der Waals surface area contributed by atoms with Crippen LogP contribution >= 0.6 is 11.6 Å². The van der Waals surface area contributed by atoms with Crippen molar-refractivity contribution in [3.63, 3.8) is 0 Å². The van der Waals surface area contributed by atoms with Gasteiger partial charge in [0.15, 0.2) is 0 Å². The Balaban J connectivity index is 1.91. The number of hydrogen-bond donors (Lipinski definition) is 0. The highest BCUT2D eigenvalue weighted by Gasteiger charge is 2.52. The lowest BCUT2D eigenvalue weighted by Crippen LogP contribution is -2.41. The third-order valence-electron chi connectivity index (χ3n) is 4.18. The van der Waals surface area contributed by atoms with Crippen LogP contribution in [0.3, 0.4) is 0 Å². The van der Waals surface area contributed by atoms with Crippen LogP contribution in [-0.2, 0) is 9.31 Å². The minimum atomic E-state index is -0.578. The second-order valence-electron chi connectivity index (χ2n) is 6.47. The van der Waals surface area contributed by atoms with Gasteiger partial charge in [-0.1, -0.05) is 11.6 Å². The number of hydrogen-bond acceptors (Lipinski definition) is 5. The summed E-state index contributed by atoms with van der Waals surface area (Å²) in [6, 6.07) is 0. The lowest BCUT2D eigenvalue weighted by Gasteiger charge is -2.32. The largest absolute Gasteiger partial charge is 0.499 e. The zero-order chi connectivity index (χ0) is 16.1. The van der Waals surface area contributed by atoms with Crippen LogP contribution in [0, 0.1) is 6.92 Å². The smallest absolute Gasteiger partial charge is 0.399 e. The number of aromatic nitrogens is 4. The Kier molecular flexibility index (Phi) is 3.54. The Bertz CT molecular complexity index is 701. The molecule has 0 spiro atoms. The molecule has 2 aromatic rings. The predicted octanol–water partition coefficient (Wildman–Crippen LogP) is 1.92. The first-order valence-electron chi connectivity index (χ1n) is 7.09. The molecule has 0 saturated carbocycles. The molecule has 0 N–H and O–H groups in total. The Morgan fingerprint density at radius 1 is 1.14 bits per heavy atom. The van der Waals surface area contributed by atoms with Gasteiger partial charge in [-0.3, -0.25) is 0 Å². The SMILES string of the molecule is Cc1cnn(-c2ncc(B3OC(C)(C)C(C)(C)O3)c(Cl)n2)c1. The molecule has 116 valence electrons. The van der Waals surface area contributed by atoms with Crippen LogP contribution in [0.4, 0.5) is 0 Å². The molecule has 8 heteroatoms. The highest BCUT2D eigenvalue weighted by molar-refractivity contribution is 6.65. The maximum atomic E-state index is 6.30. The summed E-state index contributed by atoms with van der Waals surface area (Å²) in [5.41, 5.74) is 0.778. The molecule has 0 radical (unpaired) electrons. The summed E-state index contributed by atoms with van der Waals surface area (Å²) in [6.45, 7) is 9.90. The van der Waals surface area contributed by atoms with Gasteiger partial charge in [0, 0.05) is 17.9 Å². The fraction of sp³-hybridized carbons (Fsp3) is 0.500. The second-order valence-corrected chi connectivity index (χ2v) is 6.82. The monoisotopic (exact) mass is 320 g/mol. The molecule has 0 amide bonds. The predicted molar refractivity (Wildman–Crippen MR) is 84.6 cm³/mol. The van der Waals surface area contributed by atoms with Gasteiger partial charge >= 0.3 is 7.12 Å². The van der Waals surface area contributed by atoms with Gasteiger partial charge in [-0.15, -0.1) is 0 Å². The first-order valence-corrected chi connectivity index (χ1v) is 7.47. The molecule has 2 aromatic heterocycles. The molecular formula is C14H18BClN4O2. The molecule has 0 unspecified atom stereocenters. The lowest BCUT2D eigenvalue weighted by molar-refractivity contribution is 0.00578. The number of rotatable bonds is 2. The molecule has 0 aromatic carbocycles. The zero-order valence-corrected chi connectivity index (χ0v) is 14.0. The molecular weight excluding hydrogens is 302 g/mol. The number of aryl methyl sites for hydroxylation is 1. The Labute approximate surface area is 135 Å². The average molecular weight is 321 g/mol. The van der Waals surface area contributed by atoms with E-state index in [9.17, 15) is 0 Å². The van der Waals surface area contributed by atoms with E-state index in [4.69, 9.17) is 20.9 Å². The highest BCUT2D eigenvalue weighted by Crippen LogP contribution is 2.36. The Morgan fingerprint density at radius 2 is 1.77 bits per heavy atom. The van der Waals surface area contributed by atoms with Crippen LogP contribution in [0.15, 0.2) is 18.6 Å². The Hall–Kier alpha value is -1.44. The second kappa shape index (κ2) is 5.04. The van der Waals surface area contributed by atoms with E-state index in [2.05, 4.69) is 15.1 Å². The topological polar surface area (TPSA) is 62.1 Å². The maximum Gasteiger partial charge on any atom is 0.499 e. The molecule has 6 nitrogen and oxygen atoms in total. The van der Waals surface area contributed by atoms with E-state index in [1.807, 2.05) is 40.8 Å². The fourth-order valence-electron chi connectivity index (χ4n) is 2.12. The lowest BCUT2D eigenvalue weighted by atomic mass is 9.81. The van der Waals surface area contributed by atoms with Crippen LogP contribution in [-0.4, -0.2) is 38.1 Å². The molecule has 0 atom stereocenters. The highest BCUT2D eigenvalue weighted by atomic mass is 35.5. The molecule has 0 aliphatic carbocycles. The van der Waals surface area contributed by atoms with Crippen molar-refractivity contribution in [1.82, 2.24) is 19.7 Å². The van der Waals surface area contributed by atoms with E-state index < -0.39 is 18.3 Å². The van der Waals surface area contributed by atoms with Crippen molar-refractivity contribution in [2.24, 2.45) is 0 Å². The summed E-state index contributed by atoms with van der Waals surface area (Å²) in [7, 11) is -0.578. The summed E-state index contributed by atoms with van der Waals surface area (Å²) in [5.74, 6) is 0.415. The summed E-state index contributed by atoms with van der Waals surface area (Å²) in [4.78, 5) is 8.60. The molecule has 1 aliphatic heterocycles. The van der Waals surface area contributed by atoms with Gasteiger partial charge in [0.05, 0.1) is 17.4 Å². The van der Waals surface area contributed by atoms with E-state index >= 15 is 0 Å². The standard InChI is InChI=1S/C14H18BClN4O2/c1-9-6-18-20(8-9)12-17-7-10(11(16)19-12)15-21-13(2,3)14(4,5)22-15/h6-8H,1-5H3. The molecule has 1 aliphatic rings. The minimum absolute atomic E-state index is 0.302. The van der Waals surface area contributed by atoms with Crippen LogP contribution in [0.1, 0.15) is 33.3 Å². The summed E-state index contributed by atoms with van der Waals surface area (Å²) >= 11 is 6.30. The summed E-state index contributed by atoms with van der Waals surface area (Å²) in [5, 5.41) is 4.47. The van der Waals surface area contributed by atoms with Crippen molar-refractivity contribution in [3.05, 3.63) is 29.3 Å². The van der Waals surface area contributed by atoms with Gasteiger partial charge in [-0.2, -0.15) is 10.1 Å². The molecule has 3 rings (SSSR count). The van der Waals surface area contributed by atoms with E-state index in [1.165, 1.54) is 0 Å². The van der Waals surface area contributed by atoms with Gasteiger partial charge in [0.2, 0.25) is 0 Å².